The van der Waals surface area contributed by atoms with Gasteiger partial charge in [-0.1, -0.05) is 0 Å². The molecule has 1 aromatic rings. The zero-order valence-corrected chi connectivity index (χ0v) is 6.94. The SMILES string of the molecule is O[C@H]1CCN(Cc2ccco2)C1. The zero-order valence-electron chi connectivity index (χ0n) is 6.94. The molecule has 3 heteroatoms. The van der Waals surface area contributed by atoms with E-state index in [4.69, 9.17) is 4.42 Å². The van der Waals surface area contributed by atoms with Crippen LogP contribution >= 0.6 is 0 Å². The predicted molar refractivity (Wildman–Crippen MR) is 44.6 cm³/mol. The minimum atomic E-state index is -0.139. The summed E-state index contributed by atoms with van der Waals surface area (Å²) < 4.78 is 5.21. The molecule has 1 fully saturated rings. The Hall–Kier alpha value is -0.800. The molecule has 0 unspecified atom stereocenters. The van der Waals surface area contributed by atoms with Gasteiger partial charge in [0.1, 0.15) is 5.76 Å². The Labute approximate surface area is 71.6 Å². The van der Waals surface area contributed by atoms with Crippen LogP contribution in [-0.4, -0.2) is 29.2 Å². The normalized spacial score (nSPS) is 24.9. The smallest absolute Gasteiger partial charge is 0.117 e. The van der Waals surface area contributed by atoms with E-state index < -0.39 is 0 Å². The van der Waals surface area contributed by atoms with E-state index in [0.29, 0.717) is 0 Å². The van der Waals surface area contributed by atoms with Crippen molar-refractivity contribution in [3.63, 3.8) is 0 Å². The summed E-state index contributed by atoms with van der Waals surface area (Å²) in [5.41, 5.74) is 0. The van der Waals surface area contributed by atoms with Crippen molar-refractivity contribution in [3.05, 3.63) is 24.2 Å². The molecule has 0 amide bonds. The van der Waals surface area contributed by atoms with Crippen LogP contribution in [0.4, 0.5) is 0 Å². The van der Waals surface area contributed by atoms with Crippen molar-refractivity contribution < 1.29 is 9.52 Å². The number of rotatable bonds is 2. The van der Waals surface area contributed by atoms with Crippen LogP contribution in [0.2, 0.25) is 0 Å². The first-order valence-corrected chi connectivity index (χ1v) is 4.27. The van der Waals surface area contributed by atoms with Gasteiger partial charge in [0.2, 0.25) is 0 Å². The molecule has 0 radical (unpaired) electrons. The lowest BCUT2D eigenvalue weighted by Gasteiger charge is -2.11. The molecular formula is C9H13NO2. The van der Waals surface area contributed by atoms with Crippen LogP contribution in [0, 0.1) is 0 Å². The second-order valence-corrected chi connectivity index (χ2v) is 3.26. The molecule has 1 aliphatic heterocycles. The fraction of sp³-hybridized carbons (Fsp3) is 0.556. The molecule has 1 aromatic heterocycles. The largest absolute Gasteiger partial charge is 0.468 e. The third kappa shape index (κ3) is 1.68. The van der Waals surface area contributed by atoms with E-state index in [9.17, 15) is 5.11 Å². The summed E-state index contributed by atoms with van der Waals surface area (Å²) in [5, 5.41) is 9.26. The molecule has 2 heterocycles. The molecule has 1 atom stereocenters. The molecule has 0 aromatic carbocycles. The van der Waals surface area contributed by atoms with Gasteiger partial charge in [0.25, 0.3) is 0 Å². The first-order chi connectivity index (χ1) is 5.84. The van der Waals surface area contributed by atoms with Gasteiger partial charge in [-0.3, -0.25) is 4.90 Å². The van der Waals surface area contributed by atoms with Crippen LogP contribution in [0.5, 0.6) is 0 Å². The van der Waals surface area contributed by atoms with E-state index in [1.54, 1.807) is 6.26 Å². The second-order valence-electron chi connectivity index (χ2n) is 3.26. The molecule has 1 saturated heterocycles. The average Bonchev–Trinajstić information content (AvgIpc) is 2.63. The summed E-state index contributed by atoms with van der Waals surface area (Å²) in [6.07, 6.45) is 2.43. The Morgan fingerprint density at radius 2 is 2.58 bits per heavy atom. The van der Waals surface area contributed by atoms with Gasteiger partial charge < -0.3 is 9.52 Å². The predicted octanol–water partition coefficient (Wildman–Crippen LogP) is 0.846. The standard InChI is InChI=1S/C9H13NO2/c11-8-3-4-10(6-8)7-9-2-1-5-12-9/h1-2,5,8,11H,3-4,6-7H2/t8-/m0/s1. The lowest BCUT2D eigenvalue weighted by atomic mass is 10.3. The molecule has 0 bridgehead atoms. The van der Waals surface area contributed by atoms with Crippen molar-refractivity contribution in [2.45, 2.75) is 19.1 Å². The molecule has 12 heavy (non-hydrogen) atoms. The van der Waals surface area contributed by atoms with Crippen molar-refractivity contribution in [3.8, 4) is 0 Å². The number of aliphatic hydroxyl groups is 1. The monoisotopic (exact) mass is 167 g/mol. The van der Waals surface area contributed by atoms with Crippen LogP contribution in [0.15, 0.2) is 22.8 Å². The average molecular weight is 167 g/mol. The minimum absolute atomic E-state index is 0.139. The highest BCUT2D eigenvalue weighted by molar-refractivity contribution is 4.98. The molecule has 0 spiro atoms. The van der Waals surface area contributed by atoms with Crippen molar-refractivity contribution in [1.82, 2.24) is 4.90 Å². The fourth-order valence-corrected chi connectivity index (χ4v) is 1.58. The molecule has 2 rings (SSSR count). The van der Waals surface area contributed by atoms with Crippen LogP contribution < -0.4 is 0 Å². The number of β-amino-alcohol motifs (C(OH)–C–C–N with tert-alkyl or cyclic N) is 1. The quantitative estimate of drug-likeness (QED) is 0.709. The minimum Gasteiger partial charge on any atom is -0.468 e. The van der Waals surface area contributed by atoms with Gasteiger partial charge >= 0.3 is 0 Å². The highest BCUT2D eigenvalue weighted by atomic mass is 16.3. The summed E-state index contributed by atoms with van der Waals surface area (Å²) in [5.74, 6) is 0.976. The summed E-state index contributed by atoms with van der Waals surface area (Å²) in [4.78, 5) is 2.20. The fourth-order valence-electron chi connectivity index (χ4n) is 1.58. The van der Waals surface area contributed by atoms with Gasteiger partial charge in [0.15, 0.2) is 0 Å². The Bertz CT molecular complexity index is 233. The van der Waals surface area contributed by atoms with E-state index in [0.717, 1.165) is 31.8 Å². The first-order valence-electron chi connectivity index (χ1n) is 4.27. The number of hydrogen-bond acceptors (Lipinski definition) is 3. The third-order valence-electron chi connectivity index (χ3n) is 2.21. The number of hydrogen-bond donors (Lipinski definition) is 1. The van der Waals surface area contributed by atoms with Gasteiger partial charge in [-0.25, -0.2) is 0 Å². The van der Waals surface area contributed by atoms with Crippen molar-refractivity contribution in [1.29, 1.82) is 0 Å². The number of furan rings is 1. The Kier molecular flexibility index (Phi) is 2.15. The van der Waals surface area contributed by atoms with Crippen LogP contribution in [0.25, 0.3) is 0 Å². The zero-order chi connectivity index (χ0) is 8.39. The summed E-state index contributed by atoms with van der Waals surface area (Å²) in [6.45, 7) is 2.58. The van der Waals surface area contributed by atoms with E-state index in [1.807, 2.05) is 12.1 Å². The van der Waals surface area contributed by atoms with Gasteiger partial charge in [-0.15, -0.1) is 0 Å². The summed E-state index contributed by atoms with van der Waals surface area (Å²) >= 11 is 0. The molecule has 1 N–H and O–H groups in total. The number of aliphatic hydroxyl groups excluding tert-OH is 1. The molecule has 3 nitrogen and oxygen atoms in total. The van der Waals surface area contributed by atoms with E-state index in [2.05, 4.69) is 4.90 Å². The van der Waals surface area contributed by atoms with E-state index >= 15 is 0 Å². The lowest BCUT2D eigenvalue weighted by Crippen LogP contribution is -2.21. The molecule has 1 aliphatic rings. The van der Waals surface area contributed by atoms with E-state index in [-0.39, 0.29) is 6.10 Å². The Balaban J connectivity index is 1.88. The Morgan fingerprint density at radius 1 is 1.67 bits per heavy atom. The van der Waals surface area contributed by atoms with Crippen LogP contribution in [-0.2, 0) is 6.54 Å². The molecule has 0 aliphatic carbocycles. The molecular weight excluding hydrogens is 154 g/mol. The highest BCUT2D eigenvalue weighted by Crippen LogP contribution is 2.13. The summed E-state index contributed by atoms with van der Waals surface area (Å²) in [7, 11) is 0. The molecule has 0 saturated carbocycles. The lowest BCUT2D eigenvalue weighted by molar-refractivity contribution is 0.172. The van der Waals surface area contributed by atoms with Crippen molar-refractivity contribution in [2.75, 3.05) is 13.1 Å². The second kappa shape index (κ2) is 3.29. The van der Waals surface area contributed by atoms with Crippen molar-refractivity contribution in [2.24, 2.45) is 0 Å². The number of nitrogens with zero attached hydrogens (tertiary/aromatic N) is 1. The topological polar surface area (TPSA) is 36.6 Å². The van der Waals surface area contributed by atoms with Gasteiger partial charge in [-0.2, -0.15) is 0 Å². The van der Waals surface area contributed by atoms with Crippen LogP contribution in [0.3, 0.4) is 0 Å². The van der Waals surface area contributed by atoms with Gasteiger partial charge in [-0.05, 0) is 18.6 Å². The maximum Gasteiger partial charge on any atom is 0.117 e. The molecule has 66 valence electrons. The van der Waals surface area contributed by atoms with Crippen molar-refractivity contribution >= 4 is 0 Å². The maximum absolute atomic E-state index is 9.26. The van der Waals surface area contributed by atoms with Gasteiger partial charge in [0.05, 0.1) is 18.9 Å². The third-order valence-corrected chi connectivity index (χ3v) is 2.21. The van der Waals surface area contributed by atoms with Crippen LogP contribution in [0.1, 0.15) is 12.2 Å². The Morgan fingerprint density at radius 3 is 3.17 bits per heavy atom. The van der Waals surface area contributed by atoms with E-state index in [1.165, 1.54) is 0 Å². The first kappa shape index (κ1) is 7.83. The number of likely N-dealkylation sites (tertiary alicyclic amines) is 1. The highest BCUT2D eigenvalue weighted by Gasteiger charge is 2.20. The van der Waals surface area contributed by atoms with Gasteiger partial charge in [0, 0.05) is 13.1 Å². The maximum atomic E-state index is 9.26. The summed E-state index contributed by atoms with van der Waals surface area (Å²) in [6, 6.07) is 3.85.